The number of phenolic OH excluding ortho intramolecular Hbond substituents is 1. The summed E-state index contributed by atoms with van der Waals surface area (Å²) in [4.78, 5) is 11.4. The second-order valence-electron chi connectivity index (χ2n) is 4.37. The highest BCUT2D eigenvalue weighted by Gasteiger charge is 2.07. The molecular weight excluding hydrogens is 268 g/mol. The van der Waals surface area contributed by atoms with E-state index in [1.807, 2.05) is 30.3 Å². The lowest BCUT2D eigenvalue weighted by Crippen LogP contribution is -2.00. The molecule has 0 fully saturated rings. The van der Waals surface area contributed by atoms with Crippen LogP contribution in [0, 0.1) is 0 Å². The minimum atomic E-state index is -0.476. The van der Waals surface area contributed by atoms with Crippen LogP contribution in [-0.2, 0) is 4.74 Å². The fraction of sp³-hybridized carbons (Fsp3) is 0.118. The second kappa shape index (κ2) is 6.61. The van der Waals surface area contributed by atoms with E-state index in [0.29, 0.717) is 11.1 Å². The lowest BCUT2D eigenvalue weighted by molar-refractivity contribution is 0.0600. The van der Waals surface area contributed by atoms with E-state index < -0.39 is 5.97 Å². The summed E-state index contributed by atoms with van der Waals surface area (Å²) in [5.41, 5.74) is 1.92. The standard InChI is InChI=1S/C17H16O4/c1-20-15-9-4-12(5-10-15)3-6-13-7-8-14(11-16(13)18)17(19)21-2/h3-11,18H,1-2H3/b6-3+. The van der Waals surface area contributed by atoms with Crippen molar-refractivity contribution < 1.29 is 19.4 Å². The molecule has 0 unspecified atom stereocenters. The van der Waals surface area contributed by atoms with Crippen LogP contribution in [0.25, 0.3) is 12.2 Å². The van der Waals surface area contributed by atoms with E-state index in [1.54, 1.807) is 25.3 Å². The van der Waals surface area contributed by atoms with Crippen LogP contribution in [0.4, 0.5) is 0 Å². The SMILES string of the molecule is COC(=O)c1ccc(/C=C/c2ccc(OC)cc2)c(O)c1. The highest BCUT2D eigenvalue weighted by Crippen LogP contribution is 2.22. The van der Waals surface area contributed by atoms with Crippen LogP contribution in [-0.4, -0.2) is 25.3 Å². The van der Waals surface area contributed by atoms with Gasteiger partial charge in [0.15, 0.2) is 0 Å². The first-order valence-electron chi connectivity index (χ1n) is 6.37. The number of ether oxygens (including phenoxy) is 2. The molecule has 0 aliphatic rings. The lowest BCUT2D eigenvalue weighted by atomic mass is 10.1. The molecule has 0 saturated heterocycles. The number of hydrogen-bond acceptors (Lipinski definition) is 4. The Morgan fingerprint density at radius 3 is 2.33 bits per heavy atom. The highest BCUT2D eigenvalue weighted by molar-refractivity contribution is 5.90. The van der Waals surface area contributed by atoms with Gasteiger partial charge in [-0.25, -0.2) is 4.79 Å². The smallest absolute Gasteiger partial charge is 0.337 e. The zero-order valence-electron chi connectivity index (χ0n) is 11.9. The molecule has 0 aliphatic heterocycles. The van der Waals surface area contributed by atoms with Gasteiger partial charge < -0.3 is 14.6 Å². The first-order chi connectivity index (χ1) is 10.1. The van der Waals surface area contributed by atoms with Crippen molar-refractivity contribution >= 4 is 18.1 Å². The summed E-state index contributed by atoms with van der Waals surface area (Å²) >= 11 is 0. The average molecular weight is 284 g/mol. The van der Waals surface area contributed by atoms with E-state index in [9.17, 15) is 9.90 Å². The summed E-state index contributed by atoms with van der Waals surface area (Å²) < 4.78 is 9.69. The molecule has 108 valence electrons. The Kier molecular flexibility index (Phi) is 4.61. The molecule has 4 nitrogen and oxygen atoms in total. The maximum absolute atomic E-state index is 11.4. The predicted octanol–water partition coefficient (Wildman–Crippen LogP) is 3.36. The van der Waals surface area contributed by atoms with Crippen molar-refractivity contribution in [2.45, 2.75) is 0 Å². The molecule has 0 bridgehead atoms. The molecule has 2 rings (SSSR count). The number of carbonyl (C=O) groups is 1. The van der Waals surface area contributed by atoms with E-state index in [2.05, 4.69) is 4.74 Å². The summed E-state index contributed by atoms with van der Waals surface area (Å²) in [6, 6.07) is 12.2. The quantitative estimate of drug-likeness (QED) is 0.691. The van der Waals surface area contributed by atoms with E-state index >= 15 is 0 Å². The summed E-state index contributed by atoms with van der Waals surface area (Å²) in [6.07, 6.45) is 3.64. The Bertz CT molecular complexity index is 657. The average Bonchev–Trinajstić information content (AvgIpc) is 2.53. The Morgan fingerprint density at radius 2 is 1.76 bits per heavy atom. The molecule has 0 amide bonds. The topological polar surface area (TPSA) is 55.8 Å². The van der Waals surface area contributed by atoms with E-state index in [-0.39, 0.29) is 5.75 Å². The van der Waals surface area contributed by atoms with Gasteiger partial charge >= 0.3 is 5.97 Å². The van der Waals surface area contributed by atoms with Gasteiger partial charge in [-0.1, -0.05) is 30.4 Å². The third-order valence-electron chi connectivity index (χ3n) is 3.02. The maximum atomic E-state index is 11.4. The van der Waals surface area contributed by atoms with Crippen LogP contribution in [0.15, 0.2) is 42.5 Å². The van der Waals surface area contributed by atoms with Crippen LogP contribution >= 0.6 is 0 Å². The van der Waals surface area contributed by atoms with E-state index in [0.717, 1.165) is 11.3 Å². The Balaban J connectivity index is 2.18. The fourth-order valence-corrected chi connectivity index (χ4v) is 1.83. The Labute approximate surface area is 123 Å². The molecule has 0 heterocycles. The van der Waals surface area contributed by atoms with Gasteiger partial charge in [0.05, 0.1) is 19.8 Å². The van der Waals surface area contributed by atoms with Gasteiger partial charge in [0, 0.05) is 5.56 Å². The highest BCUT2D eigenvalue weighted by atomic mass is 16.5. The zero-order chi connectivity index (χ0) is 15.2. The summed E-state index contributed by atoms with van der Waals surface area (Å²) in [5.74, 6) is 0.344. The molecule has 1 N–H and O–H groups in total. The molecule has 0 saturated carbocycles. The predicted molar refractivity (Wildman–Crippen MR) is 81.4 cm³/mol. The maximum Gasteiger partial charge on any atom is 0.337 e. The van der Waals surface area contributed by atoms with E-state index in [4.69, 9.17) is 4.74 Å². The van der Waals surface area contributed by atoms with Crippen LogP contribution in [0.3, 0.4) is 0 Å². The van der Waals surface area contributed by atoms with Crippen molar-refractivity contribution in [2.24, 2.45) is 0 Å². The number of rotatable bonds is 4. The van der Waals surface area contributed by atoms with Crippen molar-refractivity contribution in [3.63, 3.8) is 0 Å². The number of hydrogen-bond donors (Lipinski definition) is 1. The summed E-state index contributed by atoms with van der Waals surface area (Å²) in [6.45, 7) is 0. The molecule has 2 aromatic carbocycles. The van der Waals surface area contributed by atoms with Gasteiger partial charge in [-0.15, -0.1) is 0 Å². The Hall–Kier alpha value is -2.75. The van der Waals surface area contributed by atoms with Gasteiger partial charge in [0.2, 0.25) is 0 Å². The van der Waals surface area contributed by atoms with Crippen LogP contribution in [0.2, 0.25) is 0 Å². The third kappa shape index (κ3) is 3.63. The third-order valence-corrected chi connectivity index (χ3v) is 3.02. The van der Waals surface area contributed by atoms with Crippen molar-refractivity contribution in [1.29, 1.82) is 0 Å². The molecule has 0 aromatic heterocycles. The van der Waals surface area contributed by atoms with Crippen molar-refractivity contribution in [3.8, 4) is 11.5 Å². The monoisotopic (exact) mass is 284 g/mol. The molecular formula is C17H16O4. The minimum absolute atomic E-state index is 0.0302. The fourth-order valence-electron chi connectivity index (χ4n) is 1.83. The van der Waals surface area contributed by atoms with Gasteiger partial charge in [-0.3, -0.25) is 0 Å². The Morgan fingerprint density at radius 1 is 1.05 bits per heavy atom. The lowest BCUT2D eigenvalue weighted by Gasteiger charge is -2.03. The molecule has 0 spiro atoms. The summed E-state index contributed by atoms with van der Waals surface area (Å²) in [7, 11) is 2.92. The van der Waals surface area contributed by atoms with Gasteiger partial charge in [0.25, 0.3) is 0 Å². The van der Waals surface area contributed by atoms with Crippen molar-refractivity contribution in [1.82, 2.24) is 0 Å². The molecule has 0 atom stereocenters. The summed E-state index contributed by atoms with van der Waals surface area (Å²) in [5, 5.41) is 9.92. The number of methoxy groups -OCH3 is 2. The van der Waals surface area contributed by atoms with Gasteiger partial charge in [0.1, 0.15) is 11.5 Å². The van der Waals surface area contributed by atoms with Crippen LogP contribution < -0.4 is 4.74 Å². The van der Waals surface area contributed by atoms with Gasteiger partial charge in [-0.05, 0) is 29.8 Å². The molecule has 0 radical (unpaired) electrons. The number of benzene rings is 2. The molecule has 2 aromatic rings. The largest absolute Gasteiger partial charge is 0.507 e. The first-order valence-corrected chi connectivity index (χ1v) is 6.37. The first kappa shape index (κ1) is 14.7. The zero-order valence-corrected chi connectivity index (χ0v) is 11.9. The number of phenols is 1. The molecule has 4 heteroatoms. The molecule has 21 heavy (non-hydrogen) atoms. The van der Waals surface area contributed by atoms with E-state index in [1.165, 1.54) is 13.2 Å². The van der Waals surface area contributed by atoms with Crippen LogP contribution in [0.5, 0.6) is 11.5 Å². The second-order valence-corrected chi connectivity index (χ2v) is 4.37. The molecule has 0 aliphatic carbocycles. The van der Waals surface area contributed by atoms with Crippen LogP contribution in [0.1, 0.15) is 21.5 Å². The number of aromatic hydroxyl groups is 1. The van der Waals surface area contributed by atoms with Crippen molar-refractivity contribution in [2.75, 3.05) is 14.2 Å². The number of esters is 1. The van der Waals surface area contributed by atoms with Gasteiger partial charge in [-0.2, -0.15) is 0 Å². The minimum Gasteiger partial charge on any atom is -0.507 e. The number of carbonyl (C=O) groups excluding carboxylic acids is 1. The van der Waals surface area contributed by atoms with Crippen molar-refractivity contribution in [3.05, 3.63) is 59.2 Å². The normalized spacial score (nSPS) is 10.6.